The molecule has 2 heterocycles. The van der Waals surface area contributed by atoms with Gasteiger partial charge < -0.3 is 11.2 Å². The van der Waals surface area contributed by atoms with Gasteiger partial charge in [-0.1, -0.05) is 31.4 Å². The summed E-state index contributed by atoms with van der Waals surface area (Å²) in [6.07, 6.45) is 11.5. The lowest BCUT2D eigenvalue weighted by molar-refractivity contribution is 0.332. The molecule has 3 N–H and O–H groups in total. The van der Waals surface area contributed by atoms with Crippen molar-refractivity contribution in [2.75, 3.05) is 6.54 Å². The van der Waals surface area contributed by atoms with Gasteiger partial charge in [-0.2, -0.15) is 10.2 Å². The van der Waals surface area contributed by atoms with E-state index in [0.717, 1.165) is 35.5 Å². The molecule has 4 rings (SSSR count). The van der Waals surface area contributed by atoms with Crippen LogP contribution in [0.15, 0.2) is 40.7 Å². The van der Waals surface area contributed by atoms with Crippen molar-refractivity contribution in [2.45, 2.75) is 57.5 Å². The van der Waals surface area contributed by atoms with Gasteiger partial charge in [0.1, 0.15) is 0 Å². The Kier molecular flexibility index (Phi) is 5.57. The van der Waals surface area contributed by atoms with Crippen LogP contribution in [-0.4, -0.2) is 33.8 Å². The number of nitrogens with zero attached hydrogens (tertiary/aromatic N) is 4. The molecule has 6 heteroatoms. The molecule has 1 atom stereocenters. The standard InChI is InChI=1S/C22H30N6/c1-15(27-23)22-19-9-8-16(17-13-25-28(2)14-17)12-20(19)21(10-11-24-22)26-18-6-4-3-5-7-18/h8-9,12-14,18,21,26H,3-7,10-11,23H2,1-2H3. The second-order valence-electron chi connectivity index (χ2n) is 7.99. The number of nitrogens with one attached hydrogen (secondary N) is 1. The number of hydrogen-bond acceptors (Lipinski definition) is 5. The molecule has 2 aliphatic rings. The van der Waals surface area contributed by atoms with E-state index in [2.05, 4.69) is 39.9 Å². The monoisotopic (exact) mass is 378 g/mol. The Balaban J connectivity index is 1.74. The molecule has 1 unspecified atom stereocenters. The van der Waals surface area contributed by atoms with Gasteiger partial charge in [0.15, 0.2) is 0 Å². The summed E-state index contributed by atoms with van der Waals surface area (Å²) in [6.45, 7) is 2.72. The topological polar surface area (TPSA) is 80.6 Å². The summed E-state index contributed by atoms with van der Waals surface area (Å²) in [5.74, 6) is 5.60. The first kappa shape index (κ1) is 18.9. The zero-order valence-electron chi connectivity index (χ0n) is 16.9. The first-order chi connectivity index (χ1) is 13.7. The van der Waals surface area contributed by atoms with Gasteiger partial charge in [-0.05, 0) is 43.4 Å². The average molecular weight is 379 g/mol. The van der Waals surface area contributed by atoms with Gasteiger partial charge >= 0.3 is 0 Å². The zero-order valence-corrected chi connectivity index (χ0v) is 16.9. The fourth-order valence-electron chi connectivity index (χ4n) is 4.46. The highest BCUT2D eigenvalue weighted by atomic mass is 15.2. The van der Waals surface area contributed by atoms with E-state index in [0.29, 0.717) is 12.1 Å². The lowest BCUT2D eigenvalue weighted by Crippen LogP contribution is -2.35. The van der Waals surface area contributed by atoms with Gasteiger partial charge in [0, 0.05) is 43.0 Å². The quantitative estimate of drug-likeness (QED) is 0.485. The number of benzene rings is 1. The van der Waals surface area contributed by atoms with Crippen LogP contribution in [0.2, 0.25) is 0 Å². The van der Waals surface area contributed by atoms with Gasteiger partial charge in [-0.25, -0.2) is 0 Å². The second kappa shape index (κ2) is 8.27. The third-order valence-electron chi connectivity index (χ3n) is 5.99. The Morgan fingerprint density at radius 1 is 1.18 bits per heavy atom. The molecule has 0 spiro atoms. The molecule has 0 amide bonds. The highest BCUT2D eigenvalue weighted by Gasteiger charge is 2.26. The lowest BCUT2D eigenvalue weighted by atomic mass is 9.89. The van der Waals surface area contributed by atoms with Crippen molar-refractivity contribution in [3.8, 4) is 11.1 Å². The molecule has 1 fully saturated rings. The van der Waals surface area contributed by atoms with Gasteiger partial charge in [-0.15, -0.1) is 0 Å². The van der Waals surface area contributed by atoms with E-state index in [9.17, 15) is 0 Å². The van der Waals surface area contributed by atoms with Crippen LogP contribution in [0.3, 0.4) is 0 Å². The average Bonchev–Trinajstić information content (AvgIpc) is 3.08. The van der Waals surface area contributed by atoms with Crippen LogP contribution in [0.4, 0.5) is 0 Å². The van der Waals surface area contributed by atoms with Gasteiger partial charge in [-0.3, -0.25) is 9.67 Å². The van der Waals surface area contributed by atoms with Gasteiger partial charge in [0.25, 0.3) is 0 Å². The van der Waals surface area contributed by atoms with Crippen molar-refractivity contribution in [3.63, 3.8) is 0 Å². The number of hydrogen-bond donors (Lipinski definition) is 2. The second-order valence-corrected chi connectivity index (χ2v) is 7.99. The van der Waals surface area contributed by atoms with E-state index in [1.165, 1.54) is 43.2 Å². The highest BCUT2D eigenvalue weighted by Crippen LogP contribution is 2.32. The van der Waals surface area contributed by atoms with E-state index in [-0.39, 0.29) is 0 Å². The predicted octanol–water partition coefficient (Wildman–Crippen LogP) is 3.58. The summed E-state index contributed by atoms with van der Waals surface area (Å²) in [6, 6.07) is 7.52. The molecule has 1 aromatic carbocycles. The minimum atomic E-state index is 0.293. The number of aromatic nitrogens is 2. The largest absolute Gasteiger partial charge is 0.323 e. The fraction of sp³-hybridized carbons (Fsp3) is 0.500. The number of rotatable bonds is 4. The predicted molar refractivity (Wildman–Crippen MR) is 115 cm³/mol. The van der Waals surface area contributed by atoms with Crippen LogP contribution in [0.1, 0.15) is 62.6 Å². The molecule has 1 aliphatic carbocycles. The first-order valence-corrected chi connectivity index (χ1v) is 10.3. The van der Waals surface area contributed by atoms with E-state index in [1.807, 2.05) is 24.9 Å². The third-order valence-corrected chi connectivity index (χ3v) is 5.99. The minimum absolute atomic E-state index is 0.293. The van der Waals surface area contributed by atoms with Crippen molar-refractivity contribution in [1.29, 1.82) is 0 Å². The molecular weight excluding hydrogens is 348 g/mol. The number of fused-ring (bicyclic) bond motifs is 1. The fourth-order valence-corrected chi connectivity index (χ4v) is 4.46. The minimum Gasteiger partial charge on any atom is -0.323 e. The molecule has 6 nitrogen and oxygen atoms in total. The normalized spacial score (nSPS) is 21.1. The molecule has 28 heavy (non-hydrogen) atoms. The van der Waals surface area contributed by atoms with Crippen LogP contribution in [-0.2, 0) is 7.05 Å². The molecular formula is C22H30N6. The highest BCUT2D eigenvalue weighted by molar-refractivity contribution is 6.48. The zero-order chi connectivity index (χ0) is 19.5. The molecule has 0 radical (unpaired) electrons. The summed E-state index contributed by atoms with van der Waals surface area (Å²) in [7, 11) is 1.95. The van der Waals surface area contributed by atoms with E-state index >= 15 is 0 Å². The van der Waals surface area contributed by atoms with Crippen LogP contribution in [0.5, 0.6) is 0 Å². The summed E-state index contributed by atoms with van der Waals surface area (Å²) in [4.78, 5) is 4.83. The van der Waals surface area contributed by atoms with E-state index in [1.54, 1.807) is 0 Å². The Hall–Kier alpha value is -2.47. The molecule has 1 aliphatic heterocycles. The summed E-state index contributed by atoms with van der Waals surface area (Å²) in [5, 5.41) is 12.2. The first-order valence-electron chi connectivity index (χ1n) is 10.3. The Morgan fingerprint density at radius 2 is 2.00 bits per heavy atom. The van der Waals surface area contributed by atoms with Gasteiger partial charge in [0.2, 0.25) is 0 Å². The summed E-state index contributed by atoms with van der Waals surface area (Å²) < 4.78 is 1.84. The smallest absolute Gasteiger partial charge is 0.0879 e. The number of hydrazone groups is 1. The van der Waals surface area contributed by atoms with E-state index in [4.69, 9.17) is 10.8 Å². The molecule has 1 saturated carbocycles. The Bertz CT molecular complexity index is 888. The number of nitrogens with two attached hydrogens (primary N) is 1. The van der Waals surface area contributed by atoms with Crippen molar-refractivity contribution in [1.82, 2.24) is 15.1 Å². The van der Waals surface area contributed by atoms with E-state index < -0.39 is 0 Å². The van der Waals surface area contributed by atoms with Crippen molar-refractivity contribution in [3.05, 3.63) is 41.7 Å². The lowest BCUT2D eigenvalue weighted by Gasteiger charge is -2.29. The Morgan fingerprint density at radius 3 is 2.71 bits per heavy atom. The van der Waals surface area contributed by atoms with Gasteiger partial charge in [0.05, 0.1) is 17.6 Å². The van der Waals surface area contributed by atoms with Crippen LogP contribution >= 0.6 is 0 Å². The van der Waals surface area contributed by atoms with Crippen molar-refractivity contribution < 1.29 is 0 Å². The summed E-state index contributed by atoms with van der Waals surface area (Å²) in [5.41, 5.74) is 6.47. The maximum atomic E-state index is 5.60. The van der Waals surface area contributed by atoms with Crippen LogP contribution in [0.25, 0.3) is 11.1 Å². The van der Waals surface area contributed by atoms with Crippen LogP contribution in [0, 0.1) is 0 Å². The van der Waals surface area contributed by atoms with Crippen molar-refractivity contribution >= 4 is 11.4 Å². The Labute approximate surface area is 166 Å². The molecule has 0 saturated heterocycles. The van der Waals surface area contributed by atoms with Crippen molar-refractivity contribution in [2.24, 2.45) is 23.0 Å². The number of aryl methyl sites for hydroxylation is 1. The SMILES string of the molecule is CC(=NN)C1=NCCC(NC2CCCCC2)c2cc(-c3cnn(C)c3)ccc21. The molecule has 0 bridgehead atoms. The molecule has 2 aromatic rings. The maximum absolute atomic E-state index is 5.60. The maximum Gasteiger partial charge on any atom is 0.0879 e. The molecule has 1 aromatic heterocycles. The van der Waals surface area contributed by atoms with Crippen LogP contribution < -0.4 is 11.2 Å². The third kappa shape index (κ3) is 3.87. The number of aliphatic imine (C=N–C) groups is 1. The molecule has 148 valence electrons. The summed E-state index contributed by atoms with van der Waals surface area (Å²) >= 11 is 0.